The molecule has 1 aliphatic rings. The van der Waals surface area contributed by atoms with Crippen LogP contribution in [0.4, 0.5) is 5.69 Å². The lowest BCUT2D eigenvalue weighted by Crippen LogP contribution is -2.54. The van der Waals surface area contributed by atoms with Gasteiger partial charge in [0.15, 0.2) is 0 Å². The first-order valence-electron chi connectivity index (χ1n) is 15.7. The third-order valence-corrected chi connectivity index (χ3v) is 8.97. The lowest BCUT2D eigenvalue weighted by Gasteiger charge is -2.38. The van der Waals surface area contributed by atoms with E-state index in [1.807, 2.05) is 0 Å². The minimum absolute atomic E-state index is 0.0146. The van der Waals surface area contributed by atoms with E-state index in [0.29, 0.717) is 48.0 Å². The molecular weight excluding hydrogens is 625 g/mol. The van der Waals surface area contributed by atoms with E-state index in [4.69, 9.17) is 36.6 Å². The van der Waals surface area contributed by atoms with Crippen molar-refractivity contribution < 1.29 is 38.2 Å². The zero-order valence-electron chi connectivity index (χ0n) is 26.5. The number of nitrogens with zero attached hydrogens (tertiary/aromatic N) is 1. The second-order valence-corrected chi connectivity index (χ2v) is 13.6. The molecular formula is C30H51ClN5O8P. The SMILES string of the molecule is COc1cc(N)c(Cl)cc1C(=O)N[C@@H]1CCN(CCCCCC(=O)NCCCCCCCC(=O)NCCP(=O)(O)O)C[C@@H]1OC. The second-order valence-electron chi connectivity index (χ2n) is 11.4. The van der Waals surface area contributed by atoms with Crippen molar-refractivity contribution in [2.24, 2.45) is 0 Å². The number of hydrogen-bond donors (Lipinski definition) is 6. The van der Waals surface area contributed by atoms with Crippen molar-refractivity contribution >= 4 is 42.6 Å². The highest BCUT2D eigenvalue weighted by Crippen LogP contribution is 2.33. The Morgan fingerprint density at radius 3 is 2.24 bits per heavy atom. The van der Waals surface area contributed by atoms with Crippen LogP contribution < -0.4 is 26.4 Å². The first-order valence-corrected chi connectivity index (χ1v) is 17.9. The van der Waals surface area contributed by atoms with Crippen LogP contribution in [0.5, 0.6) is 5.75 Å². The van der Waals surface area contributed by atoms with E-state index in [1.54, 1.807) is 13.2 Å². The number of halogens is 1. The highest BCUT2D eigenvalue weighted by Gasteiger charge is 2.31. The number of nitrogens with one attached hydrogen (secondary N) is 3. The van der Waals surface area contributed by atoms with Gasteiger partial charge in [0, 0.05) is 52.2 Å². The van der Waals surface area contributed by atoms with Crippen molar-refractivity contribution in [2.75, 3.05) is 58.8 Å². The summed E-state index contributed by atoms with van der Waals surface area (Å²) in [4.78, 5) is 56.7. The van der Waals surface area contributed by atoms with Crippen LogP contribution in [0.3, 0.4) is 0 Å². The number of carbonyl (C=O) groups excluding carboxylic acids is 3. The van der Waals surface area contributed by atoms with Gasteiger partial charge in [-0.3, -0.25) is 18.9 Å². The largest absolute Gasteiger partial charge is 0.496 e. The van der Waals surface area contributed by atoms with E-state index in [1.165, 1.54) is 13.2 Å². The molecule has 45 heavy (non-hydrogen) atoms. The molecule has 3 amide bonds. The molecule has 13 nitrogen and oxygen atoms in total. The number of carbonyl (C=O) groups is 3. The van der Waals surface area contributed by atoms with Gasteiger partial charge in [0.2, 0.25) is 11.8 Å². The number of amides is 3. The van der Waals surface area contributed by atoms with E-state index < -0.39 is 7.60 Å². The van der Waals surface area contributed by atoms with Gasteiger partial charge in [0.1, 0.15) is 5.75 Å². The van der Waals surface area contributed by atoms with Crippen LogP contribution in [-0.4, -0.2) is 97.7 Å². The molecule has 256 valence electrons. The molecule has 0 radical (unpaired) electrons. The maximum Gasteiger partial charge on any atom is 0.327 e. The lowest BCUT2D eigenvalue weighted by molar-refractivity contribution is -0.122. The standard InChI is InChI=1S/C30H51ClN5O8P/c1-43-26-20-24(32)23(31)19-22(26)30(39)35-25-13-17-36(21-27(25)44-2)16-10-6-8-12-28(37)33-14-9-5-3-4-7-11-29(38)34-15-18-45(40,41)42/h19-20,25,27H,3-18,21,32H2,1-2H3,(H,33,37)(H,34,38)(H,35,39)(H2,40,41,42)/t25-,27+/m1/s1. The van der Waals surface area contributed by atoms with Crippen molar-refractivity contribution in [3.63, 3.8) is 0 Å². The number of nitrogens with two attached hydrogens (primary N) is 1. The minimum Gasteiger partial charge on any atom is -0.496 e. The van der Waals surface area contributed by atoms with Gasteiger partial charge in [-0.15, -0.1) is 0 Å². The third kappa shape index (κ3) is 15.6. The molecule has 0 aliphatic carbocycles. The van der Waals surface area contributed by atoms with Gasteiger partial charge in [-0.05, 0) is 44.7 Å². The Hall–Kier alpha value is -2.41. The van der Waals surface area contributed by atoms with Crippen LogP contribution in [-0.2, 0) is 18.9 Å². The van der Waals surface area contributed by atoms with Crippen LogP contribution in [0.2, 0.25) is 5.02 Å². The smallest absolute Gasteiger partial charge is 0.327 e. The topological polar surface area (TPSA) is 193 Å². The maximum atomic E-state index is 13.0. The minimum atomic E-state index is -4.08. The molecule has 0 bridgehead atoms. The fraction of sp³-hybridized carbons (Fsp3) is 0.700. The van der Waals surface area contributed by atoms with E-state index in [-0.39, 0.29) is 42.6 Å². The highest BCUT2D eigenvalue weighted by molar-refractivity contribution is 7.51. The molecule has 1 aromatic carbocycles. The monoisotopic (exact) mass is 675 g/mol. The summed E-state index contributed by atoms with van der Waals surface area (Å²) in [6.45, 7) is 3.06. The van der Waals surface area contributed by atoms with Crippen LogP contribution in [0.1, 0.15) is 81.0 Å². The predicted molar refractivity (Wildman–Crippen MR) is 175 cm³/mol. The summed E-state index contributed by atoms with van der Waals surface area (Å²) in [6.07, 6.45) is 8.29. The Balaban J connectivity index is 1.51. The molecule has 0 spiro atoms. The Bertz CT molecular complexity index is 1140. The Morgan fingerprint density at radius 1 is 0.978 bits per heavy atom. The predicted octanol–water partition coefficient (Wildman–Crippen LogP) is 3.06. The molecule has 15 heteroatoms. The Morgan fingerprint density at radius 2 is 1.60 bits per heavy atom. The normalized spacial score (nSPS) is 17.1. The van der Waals surface area contributed by atoms with Gasteiger partial charge < -0.3 is 45.8 Å². The van der Waals surface area contributed by atoms with Crippen LogP contribution in [0.25, 0.3) is 0 Å². The van der Waals surface area contributed by atoms with Gasteiger partial charge >= 0.3 is 7.60 Å². The van der Waals surface area contributed by atoms with Gasteiger partial charge in [0.05, 0.1) is 41.7 Å². The Labute approximate surface area is 271 Å². The molecule has 0 aromatic heterocycles. The average molecular weight is 676 g/mol. The number of hydrogen-bond acceptors (Lipinski definition) is 8. The number of anilines is 1. The summed E-state index contributed by atoms with van der Waals surface area (Å²) in [6, 6.07) is 2.91. The number of nitrogen functional groups attached to an aromatic ring is 1. The maximum absolute atomic E-state index is 13.0. The molecule has 1 aliphatic heterocycles. The molecule has 2 atom stereocenters. The van der Waals surface area contributed by atoms with Crippen LogP contribution in [0.15, 0.2) is 12.1 Å². The number of unbranched alkanes of at least 4 members (excludes halogenated alkanes) is 6. The highest BCUT2D eigenvalue weighted by atomic mass is 35.5. The van der Waals surface area contributed by atoms with E-state index in [9.17, 15) is 18.9 Å². The number of likely N-dealkylation sites (tertiary alicyclic amines) is 1. The average Bonchev–Trinajstić information content (AvgIpc) is 2.99. The first-order chi connectivity index (χ1) is 21.4. The molecule has 0 saturated carbocycles. The van der Waals surface area contributed by atoms with Gasteiger partial charge in [-0.1, -0.05) is 37.3 Å². The summed E-state index contributed by atoms with van der Waals surface area (Å²) in [5.41, 5.74) is 6.51. The summed E-state index contributed by atoms with van der Waals surface area (Å²) in [7, 11) is -0.949. The molecule has 2 rings (SSSR count). The van der Waals surface area contributed by atoms with Crippen molar-refractivity contribution in [3.8, 4) is 5.75 Å². The summed E-state index contributed by atoms with van der Waals surface area (Å²) >= 11 is 6.13. The number of piperidine rings is 1. The fourth-order valence-corrected chi connectivity index (χ4v) is 5.80. The number of rotatable bonds is 21. The molecule has 0 unspecified atom stereocenters. The molecule has 1 saturated heterocycles. The second kappa shape index (κ2) is 20.7. The van der Waals surface area contributed by atoms with Gasteiger partial charge in [-0.25, -0.2) is 0 Å². The molecule has 1 aromatic rings. The van der Waals surface area contributed by atoms with Crippen LogP contribution in [0, 0.1) is 0 Å². The molecule has 1 fully saturated rings. The molecule has 7 N–H and O–H groups in total. The Kier molecular flexibility index (Phi) is 17.8. The third-order valence-electron chi connectivity index (χ3n) is 7.83. The van der Waals surface area contributed by atoms with Crippen molar-refractivity contribution in [1.82, 2.24) is 20.9 Å². The van der Waals surface area contributed by atoms with E-state index in [0.717, 1.165) is 70.9 Å². The van der Waals surface area contributed by atoms with Crippen LogP contribution >= 0.6 is 19.2 Å². The number of benzene rings is 1. The summed E-state index contributed by atoms with van der Waals surface area (Å²) in [5, 5.41) is 8.85. The van der Waals surface area contributed by atoms with Crippen molar-refractivity contribution in [1.29, 1.82) is 0 Å². The molecule has 1 heterocycles. The zero-order valence-corrected chi connectivity index (χ0v) is 28.2. The lowest BCUT2D eigenvalue weighted by atomic mass is 10.00. The number of ether oxygens (including phenoxy) is 2. The summed E-state index contributed by atoms with van der Waals surface area (Å²) in [5.74, 6) is -0.0460. The first kappa shape index (κ1) is 38.8. The zero-order chi connectivity index (χ0) is 33.2. The van der Waals surface area contributed by atoms with Gasteiger partial charge in [0.25, 0.3) is 5.91 Å². The van der Waals surface area contributed by atoms with Gasteiger partial charge in [-0.2, -0.15) is 0 Å². The van der Waals surface area contributed by atoms with E-state index in [2.05, 4.69) is 20.9 Å². The summed E-state index contributed by atoms with van der Waals surface area (Å²) < 4.78 is 21.8. The van der Waals surface area contributed by atoms with Crippen molar-refractivity contribution in [2.45, 2.75) is 82.8 Å². The van der Waals surface area contributed by atoms with E-state index >= 15 is 0 Å². The van der Waals surface area contributed by atoms with Crippen molar-refractivity contribution in [3.05, 3.63) is 22.7 Å². The number of methoxy groups -OCH3 is 2. The fourth-order valence-electron chi connectivity index (χ4n) is 5.23. The quantitative estimate of drug-likeness (QED) is 0.0641.